The molecule has 0 spiro atoms. The zero-order valence-electron chi connectivity index (χ0n) is 9.92. The Morgan fingerprint density at radius 2 is 2.00 bits per heavy atom. The summed E-state index contributed by atoms with van der Waals surface area (Å²) in [5.74, 6) is 6.40. The fourth-order valence-electron chi connectivity index (χ4n) is 1.68. The summed E-state index contributed by atoms with van der Waals surface area (Å²) in [6.45, 7) is 8.86. The molecule has 0 aliphatic heterocycles. The van der Waals surface area contributed by atoms with Crippen LogP contribution in [0.4, 0.5) is 0 Å². The maximum atomic E-state index is 5.53. The van der Waals surface area contributed by atoms with Crippen LogP contribution >= 0.6 is 0 Å². The minimum absolute atomic E-state index is 0.166. The lowest BCUT2D eigenvalue weighted by Gasteiger charge is -2.16. The monoisotopic (exact) mass is 208 g/mol. The molecule has 0 fully saturated rings. The molecule has 0 aliphatic carbocycles. The van der Waals surface area contributed by atoms with Gasteiger partial charge in [-0.05, 0) is 50.5 Å². The van der Waals surface area contributed by atoms with Crippen LogP contribution < -0.4 is 16.0 Å². The van der Waals surface area contributed by atoms with Gasteiger partial charge in [-0.3, -0.25) is 11.3 Å². The van der Waals surface area contributed by atoms with Crippen LogP contribution in [0.5, 0.6) is 5.75 Å². The van der Waals surface area contributed by atoms with Crippen LogP contribution in [-0.2, 0) is 0 Å². The van der Waals surface area contributed by atoms with Crippen LogP contribution in [0.3, 0.4) is 0 Å². The minimum atomic E-state index is 0.166. The largest absolute Gasteiger partial charge is 0.494 e. The van der Waals surface area contributed by atoms with Gasteiger partial charge in [0.25, 0.3) is 0 Å². The van der Waals surface area contributed by atoms with E-state index in [0.29, 0.717) is 6.61 Å². The van der Waals surface area contributed by atoms with Gasteiger partial charge in [-0.1, -0.05) is 6.07 Å². The first-order chi connectivity index (χ1) is 7.10. The molecule has 3 heteroatoms. The van der Waals surface area contributed by atoms with Crippen molar-refractivity contribution in [1.29, 1.82) is 0 Å². The number of nitrogens with two attached hydrogens (primary N) is 1. The summed E-state index contributed by atoms with van der Waals surface area (Å²) in [4.78, 5) is 0. The second kappa shape index (κ2) is 5.14. The maximum absolute atomic E-state index is 5.53. The van der Waals surface area contributed by atoms with E-state index in [2.05, 4.69) is 31.4 Å². The summed E-state index contributed by atoms with van der Waals surface area (Å²) in [6.07, 6.45) is 0. The maximum Gasteiger partial charge on any atom is 0.122 e. The molecule has 0 radical (unpaired) electrons. The number of nitrogens with one attached hydrogen (secondary N) is 1. The number of rotatable bonds is 4. The van der Waals surface area contributed by atoms with Gasteiger partial charge in [-0.25, -0.2) is 0 Å². The summed E-state index contributed by atoms with van der Waals surface area (Å²) in [5, 5.41) is 0. The van der Waals surface area contributed by atoms with Crippen LogP contribution in [0.25, 0.3) is 0 Å². The molecule has 0 bridgehead atoms. The molecule has 15 heavy (non-hydrogen) atoms. The van der Waals surface area contributed by atoms with Crippen LogP contribution in [0.2, 0.25) is 0 Å². The highest BCUT2D eigenvalue weighted by Crippen LogP contribution is 2.26. The molecule has 3 N–H and O–H groups in total. The van der Waals surface area contributed by atoms with Gasteiger partial charge in [-0.2, -0.15) is 0 Å². The molecule has 1 aromatic carbocycles. The molecule has 0 aromatic heterocycles. The highest BCUT2D eigenvalue weighted by molar-refractivity contribution is 5.42. The van der Waals surface area contributed by atoms with Gasteiger partial charge in [0, 0.05) is 6.04 Å². The molecule has 3 nitrogen and oxygen atoms in total. The van der Waals surface area contributed by atoms with E-state index in [4.69, 9.17) is 10.6 Å². The van der Waals surface area contributed by atoms with Gasteiger partial charge >= 0.3 is 0 Å². The van der Waals surface area contributed by atoms with Gasteiger partial charge in [0.2, 0.25) is 0 Å². The Morgan fingerprint density at radius 3 is 2.53 bits per heavy atom. The highest BCUT2D eigenvalue weighted by Gasteiger charge is 2.09. The van der Waals surface area contributed by atoms with E-state index < -0.39 is 0 Å². The molecule has 1 rings (SSSR count). The van der Waals surface area contributed by atoms with E-state index in [1.807, 2.05) is 13.8 Å². The van der Waals surface area contributed by atoms with Gasteiger partial charge in [-0.15, -0.1) is 0 Å². The Hall–Kier alpha value is -1.06. The Bertz CT molecular complexity index is 337. The van der Waals surface area contributed by atoms with Crippen molar-refractivity contribution in [3.63, 3.8) is 0 Å². The van der Waals surface area contributed by atoms with Gasteiger partial charge in [0.1, 0.15) is 5.75 Å². The average molecular weight is 208 g/mol. The second-order valence-corrected chi connectivity index (χ2v) is 3.80. The molecular formula is C12H20N2O. The SMILES string of the molecule is CCOc1cc(C)c(C(C)NN)cc1C. The van der Waals surface area contributed by atoms with Crippen LogP contribution in [0.15, 0.2) is 12.1 Å². The molecule has 1 unspecified atom stereocenters. The second-order valence-electron chi connectivity index (χ2n) is 3.80. The predicted molar refractivity (Wildman–Crippen MR) is 62.8 cm³/mol. The molecule has 0 heterocycles. The number of hydrogen-bond acceptors (Lipinski definition) is 3. The number of benzene rings is 1. The van der Waals surface area contributed by atoms with E-state index in [1.54, 1.807) is 0 Å². The average Bonchev–Trinajstić information content (AvgIpc) is 2.22. The van der Waals surface area contributed by atoms with Crippen LogP contribution in [0.1, 0.15) is 36.6 Å². The number of aryl methyl sites for hydroxylation is 2. The molecule has 0 amide bonds. The van der Waals surface area contributed by atoms with Crippen molar-refractivity contribution in [3.8, 4) is 5.75 Å². The van der Waals surface area contributed by atoms with Crippen molar-refractivity contribution in [2.24, 2.45) is 5.84 Å². The highest BCUT2D eigenvalue weighted by atomic mass is 16.5. The molecule has 84 valence electrons. The quantitative estimate of drug-likeness (QED) is 0.589. The van der Waals surface area contributed by atoms with Gasteiger partial charge in [0.05, 0.1) is 6.61 Å². The Kier molecular flexibility index (Phi) is 4.12. The lowest BCUT2D eigenvalue weighted by atomic mass is 9.99. The first kappa shape index (κ1) is 12.0. The van der Waals surface area contributed by atoms with Crippen LogP contribution in [0, 0.1) is 13.8 Å². The van der Waals surface area contributed by atoms with Crippen molar-refractivity contribution in [3.05, 3.63) is 28.8 Å². The van der Waals surface area contributed by atoms with Crippen molar-refractivity contribution < 1.29 is 4.74 Å². The fraction of sp³-hybridized carbons (Fsp3) is 0.500. The first-order valence-electron chi connectivity index (χ1n) is 5.30. The fourth-order valence-corrected chi connectivity index (χ4v) is 1.68. The topological polar surface area (TPSA) is 47.3 Å². The van der Waals surface area contributed by atoms with Crippen molar-refractivity contribution in [2.45, 2.75) is 33.7 Å². The van der Waals surface area contributed by atoms with E-state index in [-0.39, 0.29) is 6.04 Å². The minimum Gasteiger partial charge on any atom is -0.494 e. The third-order valence-electron chi connectivity index (χ3n) is 2.58. The van der Waals surface area contributed by atoms with Crippen molar-refractivity contribution in [2.75, 3.05) is 6.61 Å². The number of ether oxygens (including phenoxy) is 1. The normalized spacial score (nSPS) is 12.6. The standard InChI is InChI=1S/C12H20N2O/c1-5-15-12-7-8(2)11(6-9(12)3)10(4)14-13/h6-7,10,14H,5,13H2,1-4H3. The third kappa shape index (κ3) is 2.70. The predicted octanol–water partition coefficient (Wildman–Crippen LogP) is 2.23. The lowest BCUT2D eigenvalue weighted by Crippen LogP contribution is -2.26. The third-order valence-corrected chi connectivity index (χ3v) is 2.58. The molecule has 0 saturated heterocycles. The molecule has 0 aliphatic rings. The molecular weight excluding hydrogens is 188 g/mol. The Morgan fingerprint density at radius 1 is 1.33 bits per heavy atom. The zero-order valence-corrected chi connectivity index (χ0v) is 9.92. The molecule has 0 saturated carbocycles. The van der Waals surface area contributed by atoms with Gasteiger partial charge < -0.3 is 4.74 Å². The Balaban J connectivity index is 3.07. The van der Waals surface area contributed by atoms with Crippen molar-refractivity contribution >= 4 is 0 Å². The summed E-state index contributed by atoms with van der Waals surface area (Å²) < 4.78 is 5.53. The lowest BCUT2D eigenvalue weighted by molar-refractivity contribution is 0.337. The number of hydrogen-bond donors (Lipinski definition) is 2. The molecule has 1 atom stereocenters. The number of hydrazine groups is 1. The smallest absolute Gasteiger partial charge is 0.122 e. The zero-order chi connectivity index (χ0) is 11.4. The molecule has 1 aromatic rings. The summed E-state index contributed by atoms with van der Waals surface area (Å²) >= 11 is 0. The summed E-state index contributed by atoms with van der Waals surface area (Å²) in [6, 6.07) is 4.37. The van der Waals surface area contributed by atoms with Crippen LogP contribution in [-0.4, -0.2) is 6.61 Å². The van der Waals surface area contributed by atoms with Crippen molar-refractivity contribution in [1.82, 2.24) is 5.43 Å². The van der Waals surface area contributed by atoms with E-state index in [9.17, 15) is 0 Å². The first-order valence-corrected chi connectivity index (χ1v) is 5.30. The van der Waals surface area contributed by atoms with E-state index in [1.165, 1.54) is 11.1 Å². The summed E-state index contributed by atoms with van der Waals surface area (Å²) in [7, 11) is 0. The van der Waals surface area contributed by atoms with E-state index >= 15 is 0 Å². The van der Waals surface area contributed by atoms with Gasteiger partial charge in [0.15, 0.2) is 0 Å². The van der Waals surface area contributed by atoms with E-state index in [0.717, 1.165) is 11.3 Å². The summed E-state index contributed by atoms with van der Waals surface area (Å²) in [5.41, 5.74) is 6.34. The Labute approximate surface area is 91.6 Å².